The summed E-state index contributed by atoms with van der Waals surface area (Å²) >= 11 is 0. The van der Waals surface area contributed by atoms with E-state index in [9.17, 15) is 19.8 Å². The van der Waals surface area contributed by atoms with Crippen molar-refractivity contribution in [2.24, 2.45) is 0 Å². The average molecular weight is 382 g/mol. The molecule has 0 fully saturated rings. The van der Waals surface area contributed by atoms with E-state index in [-0.39, 0.29) is 37.1 Å². The predicted octanol–water partition coefficient (Wildman–Crippen LogP) is 2.49. The van der Waals surface area contributed by atoms with Gasteiger partial charge in [-0.05, 0) is 17.5 Å². The number of ketones is 1. The topological polar surface area (TPSA) is 120 Å². The number of ether oxygens (including phenoxy) is 1. The molecule has 0 aliphatic heterocycles. The number of nitriles is 1. The Morgan fingerprint density at radius 1 is 1.07 bits per heavy atom. The van der Waals surface area contributed by atoms with Crippen LogP contribution in [-0.2, 0) is 11.3 Å². The van der Waals surface area contributed by atoms with Crippen LogP contribution >= 0.6 is 0 Å². The Morgan fingerprint density at radius 3 is 2.46 bits per heavy atom. The second-order valence-corrected chi connectivity index (χ2v) is 6.13. The van der Waals surface area contributed by atoms with E-state index >= 15 is 0 Å². The lowest BCUT2D eigenvalue weighted by atomic mass is 9.94. The second-order valence-electron chi connectivity index (χ2n) is 6.13. The quantitative estimate of drug-likeness (QED) is 0.573. The van der Waals surface area contributed by atoms with Crippen LogP contribution in [0.5, 0.6) is 0 Å². The summed E-state index contributed by atoms with van der Waals surface area (Å²) in [5.74, 6) is -0.424. The Hall–Kier alpha value is -3.21. The van der Waals surface area contributed by atoms with Crippen LogP contribution in [0.4, 0.5) is 4.79 Å². The van der Waals surface area contributed by atoms with Gasteiger partial charge in [0, 0.05) is 12.1 Å². The number of hydrogen-bond acceptors (Lipinski definition) is 6. The maximum absolute atomic E-state index is 12.0. The molecular weight excluding hydrogens is 360 g/mol. The zero-order valence-electron chi connectivity index (χ0n) is 15.2. The van der Waals surface area contributed by atoms with E-state index in [2.05, 4.69) is 5.32 Å². The van der Waals surface area contributed by atoms with Crippen LogP contribution in [0.15, 0.2) is 54.6 Å². The van der Waals surface area contributed by atoms with Gasteiger partial charge in [-0.3, -0.25) is 4.79 Å². The number of aliphatic hydroxyl groups excluding tert-OH is 2. The molecule has 2 rings (SSSR count). The van der Waals surface area contributed by atoms with E-state index in [0.717, 1.165) is 5.56 Å². The highest BCUT2D eigenvalue weighted by Crippen LogP contribution is 2.23. The normalized spacial score (nSPS) is 12.5. The molecule has 2 atom stereocenters. The SMILES string of the molecule is N#CCC(=O)c1ccccc1C(O)C(O)CCNC(=O)OCc1ccccc1. The third-order valence-corrected chi connectivity index (χ3v) is 4.11. The van der Waals surface area contributed by atoms with Gasteiger partial charge in [-0.2, -0.15) is 5.26 Å². The number of nitrogens with one attached hydrogen (secondary N) is 1. The first-order chi connectivity index (χ1) is 13.5. The van der Waals surface area contributed by atoms with Gasteiger partial charge in [0.2, 0.25) is 0 Å². The molecule has 0 aliphatic carbocycles. The molecule has 28 heavy (non-hydrogen) atoms. The fourth-order valence-corrected chi connectivity index (χ4v) is 2.64. The number of alkyl carbamates (subject to hydrolysis) is 1. The van der Waals surface area contributed by atoms with Crippen molar-refractivity contribution in [1.82, 2.24) is 5.32 Å². The summed E-state index contributed by atoms with van der Waals surface area (Å²) in [6.45, 7) is 0.215. The van der Waals surface area contributed by atoms with Crippen molar-refractivity contribution in [2.75, 3.05) is 6.54 Å². The van der Waals surface area contributed by atoms with Gasteiger partial charge in [-0.15, -0.1) is 0 Å². The lowest BCUT2D eigenvalue weighted by Gasteiger charge is -2.20. The molecule has 0 saturated heterocycles. The zero-order valence-corrected chi connectivity index (χ0v) is 15.2. The standard InChI is InChI=1S/C21H22N2O5/c22-12-10-18(24)16-8-4-5-9-17(16)20(26)19(25)11-13-23-21(27)28-14-15-6-2-1-3-7-15/h1-9,19-20,25-26H,10-11,13-14H2,(H,23,27). The molecule has 2 unspecified atom stereocenters. The fourth-order valence-electron chi connectivity index (χ4n) is 2.64. The monoisotopic (exact) mass is 382 g/mol. The van der Waals surface area contributed by atoms with Gasteiger partial charge in [-0.25, -0.2) is 4.79 Å². The predicted molar refractivity (Wildman–Crippen MR) is 101 cm³/mol. The summed E-state index contributed by atoms with van der Waals surface area (Å²) in [4.78, 5) is 23.7. The Labute approximate surface area is 163 Å². The average Bonchev–Trinajstić information content (AvgIpc) is 2.72. The number of Topliss-reactive ketones (excluding diaryl/α,β-unsaturated/α-hetero) is 1. The minimum atomic E-state index is -1.32. The highest BCUT2D eigenvalue weighted by molar-refractivity contribution is 5.98. The van der Waals surface area contributed by atoms with Crippen LogP contribution in [0.25, 0.3) is 0 Å². The largest absolute Gasteiger partial charge is 0.445 e. The molecule has 0 spiro atoms. The van der Waals surface area contributed by atoms with Crippen LogP contribution < -0.4 is 5.32 Å². The molecule has 0 aliphatic rings. The molecule has 2 aromatic rings. The lowest BCUT2D eigenvalue weighted by Crippen LogP contribution is -2.30. The third kappa shape index (κ3) is 6.20. The number of aliphatic hydroxyl groups is 2. The van der Waals surface area contributed by atoms with Crippen molar-refractivity contribution in [3.8, 4) is 6.07 Å². The van der Waals surface area contributed by atoms with Crippen LogP contribution in [-0.4, -0.2) is 34.7 Å². The van der Waals surface area contributed by atoms with Gasteiger partial charge < -0.3 is 20.3 Å². The third-order valence-electron chi connectivity index (χ3n) is 4.11. The smallest absolute Gasteiger partial charge is 0.407 e. The van der Waals surface area contributed by atoms with Crippen molar-refractivity contribution < 1.29 is 24.5 Å². The molecule has 0 radical (unpaired) electrons. The number of amides is 1. The van der Waals surface area contributed by atoms with Crippen LogP contribution in [0.2, 0.25) is 0 Å². The highest BCUT2D eigenvalue weighted by atomic mass is 16.5. The molecule has 0 aromatic heterocycles. The first kappa shape index (κ1) is 21.1. The molecule has 3 N–H and O–H groups in total. The van der Waals surface area contributed by atoms with Gasteiger partial charge in [0.25, 0.3) is 0 Å². The molecular formula is C21H22N2O5. The first-order valence-corrected chi connectivity index (χ1v) is 8.82. The van der Waals surface area contributed by atoms with Crippen molar-refractivity contribution >= 4 is 11.9 Å². The maximum Gasteiger partial charge on any atom is 0.407 e. The van der Waals surface area contributed by atoms with E-state index in [1.54, 1.807) is 18.2 Å². The van der Waals surface area contributed by atoms with Crippen molar-refractivity contribution in [2.45, 2.75) is 31.7 Å². The molecule has 2 aromatic carbocycles. The van der Waals surface area contributed by atoms with E-state index in [4.69, 9.17) is 10.00 Å². The molecule has 0 heterocycles. The summed E-state index contributed by atoms with van der Waals surface area (Å²) in [7, 11) is 0. The maximum atomic E-state index is 12.0. The van der Waals surface area contributed by atoms with Crippen molar-refractivity contribution in [3.63, 3.8) is 0 Å². The molecule has 146 valence electrons. The van der Waals surface area contributed by atoms with Gasteiger partial charge in [0.05, 0.1) is 18.6 Å². The van der Waals surface area contributed by atoms with E-state index in [1.165, 1.54) is 12.1 Å². The zero-order chi connectivity index (χ0) is 20.4. The number of rotatable bonds is 9. The summed E-state index contributed by atoms with van der Waals surface area (Å²) in [6, 6.07) is 17.3. The molecule has 1 amide bonds. The molecule has 7 nitrogen and oxygen atoms in total. The van der Waals surface area contributed by atoms with Crippen LogP contribution in [0.3, 0.4) is 0 Å². The summed E-state index contributed by atoms with van der Waals surface area (Å²) in [6.07, 6.45) is -3.40. The van der Waals surface area contributed by atoms with Gasteiger partial charge in [-0.1, -0.05) is 54.6 Å². The van der Waals surface area contributed by atoms with Crippen LogP contribution in [0.1, 0.15) is 40.4 Å². The fraction of sp³-hybridized carbons (Fsp3) is 0.286. The first-order valence-electron chi connectivity index (χ1n) is 8.82. The number of carbonyl (C=O) groups excluding carboxylic acids is 2. The Morgan fingerprint density at radius 2 is 1.75 bits per heavy atom. The van der Waals surface area contributed by atoms with E-state index in [1.807, 2.05) is 30.3 Å². The lowest BCUT2D eigenvalue weighted by molar-refractivity contribution is 0.0132. The van der Waals surface area contributed by atoms with Gasteiger partial charge >= 0.3 is 6.09 Å². The van der Waals surface area contributed by atoms with Crippen molar-refractivity contribution in [3.05, 3.63) is 71.3 Å². The molecule has 7 heteroatoms. The summed E-state index contributed by atoms with van der Waals surface area (Å²) < 4.78 is 5.06. The summed E-state index contributed by atoms with van der Waals surface area (Å²) in [5, 5.41) is 31.8. The highest BCUT2D eigenvalue weighted by Gasteiger charge is 2.23. The van der Waals surface area contributed by atoms with Gasteiger partial charge in [0.15, 0.2) is 5.78 Å². The van der Waals surface area contributed by atoms with Crippen molar-refractivity contribution in [1.29, 1.82) is 5.26 Å². The van der Waals surface area contributed by atoms with E-state index < -0.39 is 24.1 Å². The van der Waals surface area contributed by atoms with Crippen LogP contribution in [0, 0.1) is 11.3 Å². The van der Waals surface area contributed by atoms with E-state index in [0.29, 0.717) is 0 Å². The minimum Gasteiger partial charge on any atom is -0.445 e. The number of carbonyl (C=O) groups is 2. The molecule has 0 bridgehead atoms. The minimum absolute atomic E-state index is 0.0579. The molecule has 0 saturated carbocycles. The number of nitrogens with zero attached hydrogens (tertiary/aromatic N) is 1. The Bertz CT molecular complexity index is 832. The Balaban J connectivity index is 1.83. The Kier molecular flexibility index (Phi) is 8.15. The summed E-state index contributed by atoms with van der Waals surface area (Å²) in [5.41, 5.74) is 1.31. The second kappa shape index (κ2) is 10.8. The number of benzene rings is 2. The van der Waals surface area contributed by atoms with Gasteiger partial charge in [0.1, 0.15) is 12.7 Å². The number of hydrogen-bond donors (Lipinski definition) is 3.